The maximum absolute atomic E-state index is 13.6. The first-order valence-electron chi connectivity index (χ1n) is 6.26. The summed E-state index contributed by atoms with van der Waals surface area (Å²) in [4.78, 5) is 25.0. The number of nitro benzene ring substituents is 1. The Kier molecular flexibility index (Phi) is 5.42. The molecule has 0 saturated carbocycles. The molecule has 0 radical (unpaired) electrons. The van der Waals surface area contributed by atoms with E-state index in [2.05, 4.69) is 0 Å². The third kappa shape index (κ3) is 3.66. The molecule has 0 spiro atoms. The first-order chi connectivity index (χ1) is 9.38. The zero-order valence-corrected chi connectivity index (χ0v) is 11.8. The van der Waals surface area contributed by atoms with E-state index in [9.17, 15) is 19.3 Å². The Hall–Kier alpha value is -2.18. The number of rotatable bonds is 6. The van der Waals surface area contributed by atoms with Crippen molar-refractivity contribution in [3.8, 4) is 0 Å². The molecule has 1 rings (SSSR count). The van der Waals surface area contributed by atoms with E-state index < -0.39 is 16.4 Å². The van der Waals surface area contributed by atoms with E-state index in [0.717, 1.165) is 6.07 Å². The number of hydrogen-bond acceptors (Lipinski definition) is 4. The fourth-order valence-electron chi connectivity index (χ4n) is 1.80. The predicted octanol–water partition coefficient (Wildman–Crippen LogP) is 2.04. The van der Waals surface area contributed by atoms with E-state index in [-0.39, 0.29) is 18.1 Å². The van der Waals surface area contributed by atoms with Gasteiger partial charge >= 0.3 is 5.69 Å². The second kappa shape index (κ2) is 6.83. The quantitative estimate of drug-likeness (QED) is 0.592. The summed E-state index contributed by atoms with van der Waals surface area (Å²) in [5, 5.41) is 11.0. The number of benzene rings is 1. The SMILES string of the molecule is CCCN(CC(=O)N(C)C)c1cccc(F)c1[N+](=O)[O-]. The normalized spacial score (nSPS) is 10.2. The Bertz CT molecular complexity index is 506. The summed E-state index contributed by atoms with van der Waals surface area (Å²) in [5.74, 6) is -1.09. The Morgan fingerprint density at radius 1 is 1.40 bits per heavy atom. The van der Waals surface area contributed by atoms with Crippen LogP contribution in [-0.4, -0.2) is 42.9 Å². The Morgan fingerprint density at radius 2 is 2.05 bits per heavy atom. The van der Waals surface area contributed by atoms with E-state index >= 15 is 0 Å². The molecule has 0 bridgehead atoms. The lowest BCUT2D eigenvalue weighted by atomic mass is 10.2. The number of para-hydroxylation sites is 1. The van der Waals surface area contributed by atoms with Crippen LogP contribution in [-0.2, 0) is 4.79 Å². The number of amides is 1. The van der Waals surface area contributed by atoms with Crippen molar-refractivity contribution >= 4 is 17.3 Å². The Morgan fingerprint density at radius 3 is 2.55 bits per heavy atom. The number of likely N-dealkylation sites (N-methyl/N-ethyl adjacent to an activating group) is 1. The van der Waals surface area contributed by atoms with E-state index in [1.807, 2.05) is 6.92 Å². The minimum Gasteiger partial charge on any atom is -0.357 e. The maximum Gasteiger partial charge on any atom is 0.327 e. The highest BCUT2D eigenvalue weighted by Crippen LogP contribution is 2.30. The lowest BCUT2D eigenvalue weighted by Gasteiger charge is -2.25. The standard InChI is InChI=1S/C13H18FN3O3/c1-4-8-16(9-12(18)15(2)3)11-7-5-6-10(14)13(11)17(19)20/h5-7H,4,8-9H2,1-3H3. The summed E-state index contributed by atoms with van der Waals surface area (Å²) < 4.78 is 13.6. The van der Waals surface area contributed by atoms with Crippen molar-refractivity contribution < 1.29 is 14.1 Å². The van der Waals surface area contributed by atoms with Crippen molar-refractivity contribution in [2.24, 2.45) is 0 Å². The molecular formula is C13H18FN3O3. The topological polar surface area (TPSA) is 66.7 Å². The van der Waals surface area contributed by atoms with Gasteiger partial charge in [-0.15, -0.1) is 0 Å². The molecule has 1 aromatic rings. The molecule has 20 heavy (non-hydrogen) atoms. The van der Waals surface area contributed by atoms with Gasteiger partial charge in [-0.25, -0.2) is 0 Å². The molecule has 6 nitrogen and oxygen atoms in total. The van der Waals surface area contributed by atoms with Crippen LogP contribution in [0.25, 0.3) is 0 Å². The van der Waals surface area contributed by atoms with E-state index in [0.29, 0.717) is 13.0 Å². The first-order valence-corrected chi connectivity index (χ1v) is 6.26. The molecule has 1 amide bonds. The molecule has 0 aliphatic rings. The highest BCUT2D eigenvalue weighted by atomic mass is 19.1. The summed E-state index contributed by atoms with van der Waals surface area (Å²) >= 11 is 0. The van der Waals surface area contributed by atoms with Gasteiger partial charge in [0, 0.05) is 20.6 Å². The van der Waals surface area contributed by atoms with E-state index in [1.54, 1.807) is 14.1 Å². The third-order valence-electron chi connectivity index (χ3n) is 2.81. The summed E-state index contributed by atoms with van der Waals surface area (Å²) in [6.45, 7) is 2.30. The summed E-state index contributed by atoms with van der Waals surface area (Å²) in [5.41, 5.74) is -0.459. The Labute approximate surface area is 116 Å². The van der Waals surface area contributed by atoms with Crippen LogP contribution in [0.1, 0.15) is 13.3 Å². The van der Waals surface area contributed by atoms with Gasteiger partial charge in [0.25, 0.3) is 0 Å². The third-order valence-corrected chi connectivity index (χ3v) is 2.81. The number of carbonyl (C=O) groups is 1. The molecule has 0 N–H and O–H groups in total. The number of nitro groups is 1. The number of halogens is 1. The highest BCUT2D eigenvalue weighted by Gasteiger charge is 2.25. The van der Waals surface area contributed by atoms with Gasteiger partial charge in [-0.1, -0.05) is 13.0 Å². The molecule has 0 atom stereocenters. The number of hydrogen-bond donors (Lipinski definition) is 0. The van der Waals surface area contributed by atoms with Crippen molar-refractivity contribution in [3.63, 3.8) is 0 Å². The molecule has 0 aromatic heterocycles. The molecule has 0 heterocycles. The van der Waals surface area contributed by atoms with Crippen LogP contribution in [0.3, 0.4) is 0 Å². The van der Waals surface area contributed by atoms with Gasteiger partial charge in [0.2, 0.25) is 11.7 Å². The van der Waals surface area contributed by atoms with E-state index in [4.69, 9.17) is 0 Å². The smallest absolute Gasteiger partial charge is 0.327 e. The van der Waals surface area contributed by atoms with Crippen molar-refractivity contribution in [1.82, 2.24) is 4.90 Å². The first kappa shape index (κ1) is 15.9. The lowest BCUT2D eigenvalue weighted by Crippen LogP contribution is -2.37. The second-order valence-electron chi connectivity index (χ2n) is 4.57. The van der Waals surface area contributed by atoms with Crippen molar-refractivity contribution in [2.75, 3.05) is 32.1 Å². The van der Waals surface area contributed by atoms with Crippen LogP contribution in [0.2, 0.25) is 0 Å². The molecule has 0 aliphatic carbocycles. The monoisotopic (exact) mass is 283 g/mol. The van der Waals surface area contributed by atoms with Gasteiger partial charge in [0.1, 0.15) is 5.69 Å². The minimum absolute atomic E-state index is 0.0227. The number of carbonyl (C=O) groups excluding carboxylic acids is 1. The molecule has 0 fully saturated rings. The van der Waals surface area contributed by atoms with Gasteiger partial charge in [-0.05, 0) is 18.6 Å². The maximum atomic E-state index is 13.6. The van der Waals surface area contributed by atoms with Gasteiger partial charge in [0.05, 0.1) is 11.5 Å². The second-order valence-corrected chi connectivity index (χ2v) is 4.57. The lowest BCUT2D eigenvalue weighted by molar-refractivity contribution is -0.386. The molecule has 0 saturated heterocycles. The summed E-state index contributed by atoms with van der Waals surface area (Å²) in [6, 6.07) is 3.90. The number of nitrogens with zero attached hydrogens (tertiary/aromatic N) is 3. The summed E-state index contributed by atoms with van der Waals surface area (Å²) in [6.07, 6.45) is 0.689. The molecule has 0 aliphatic heterocycles. The zero-order chi connectivity index (χ0) is 15.3. The van der Waals surface area contributed by atoms with E-state index in [1.165, 1.54) is 21.9 Å². The summed E-state index contributed by atoms with van der Waals surface area (Å²) in [7, 11) is 3.21. The van der Waals surface area contributed by atoms with Crippen LogP contribution >= 0.6 is 0 Å². The van der Waals surface area contributed by atoms with Crippen LogP contribution < -0.4 is 4.90 Å². The van der Waals surface area contributed by atoms with Crippen LogP contribution in [0.15, 0.2) is 18.2 Å². The van der Waals surface area contributed by atoms with Crippen molar-refractivity contribution in [3.05, 3.63) is 34.1 Å². The number of anilines is 1. The average Bonchev–Trinajstić information content (AvgIpc) is 2.37. The van der Waals surface area contributed by atoms with Gasteiger partial charge < -0.3 is 9.80 Å². The van der Waals surface area contributed by atoms with Crippen LogP contribution in [0.5, 0.6) is 0 Å². The van der Waals surface area contributed by atoms with Gasteiger partial charge in [0.15, 0.2) is 0 Å². The fourth-order valence-corrected chi connectivity index (χ4v) is 1.80. The zero-order valence-electron chi connectivity index (χ0n) is 11.8. The molecule has 1 aromatic carbocycles. The Balaban J connectivity index is 3.18. The average molecular weight is 283 g/mol. The predicted molar refractivity (Wildman–Crippen MR) is 74.3 cm³/mol. The molecule has 7 heteroatoms. The molecular weight excluding hydrogens is 265 g/mol. The fraction of sp³-hybridized carbons (Fsp3) is 0.462. The molecule has 0 unspecified atom stereocenters. The van der Waals surface area contributed by atoms with Crippen molar-refractivity contribution in [2.45, 2.75) is 13.3 Å². The van der Waals surface area contributed by atoms with Crippen LogP contribution in [0, 0.1) is 15.9 Å². The van der Waals surface area contributed by atoms with Gasteiger partial charge in [-0.3, -0.25) is 14.9 Å². The minimum atomic E-state index is -0.897. The highest BCUT2D eigenvalue weighted by molar-refractivity contribution is 5.82. The largest absolute Gasteiger partial charge is 0.357 e. The van der Waals surface area contributed by atoms with Crippen LogP contribution in [0.4, 0.5) is 15.8 Å². The van der Waals surface area contributed by atoms with Gasteiger partial charge in [-0.2, -0.15) is 4.39 Å². The van der Waals surface area contributed by atoms with Crippen molar-refractivity contribution in [1.29, 1.82) is 0 Å². The molecule has 110 valence electrons.